The number of rotatable bonds is 2. The van der Waals surface area contributed by atoms with Crippen molar-refractivity contribution in [3.8, 4) is 0 Å². The molecular weight excluding hydrogens is 324 g/mol. The number of aliphatic hydroxyl groups excluding tert-OH is 1. The number of likely N-dealkylation sites (N-methyl/N-ethyl adjacent to an activating group) is 1. The Bertz CT molecular complexity index is 1010. The highest BCUT2D eigenvalue weighted by atomic mass is 16.3. The lowest BCUT2D eigenvalue weighted by atomic mass is 10.1. The number of aromatic nitrogens is 2. The van der Waals surface area contributed by atoms with Crippen molar-refractivity contribution >= 4 is 18.6 Å². The number of nitrogens with zero attached hydrogens (tertiary/aromatic N) is 4. The van der Waals surface area contributed by atoms with Crippen LogP contribution in [0.15, 0.2) is 45.6 Å². The van der Waals surface area contributed by atoms with Crippen molar-refractivity contribution in [2.45, 2.75) is 0 Å². The summed E-state index contributed by atoms with van der Waals surface area (Å²) in [6, 6.07) is 0. The Balaban J connectivity index is 2.59. The van der Waals surface area contributed by atoms with Crippen LogP contribution in [0.25, 0.3) is 12.7 Å². The number of carbonyl (C=O) groups is 1. The molecule has 0 aromatic carbocycles. The van der Waals surface area contributed by atoms with E-state index in [1.165, 1.54) is 58.3 Å². The molecule has 0 radical (unpaired) electrons. The summed E-state index contributed by atoms with van der Waals surface area (Å²) in [7, 11) is 6.12. The second kappa shape index (κ2) is 6.31. The van der Waals surface area contributed by atoms with E-state index in [1.54, 1.807) is 7.05 Å². The van der Waals surface area contributed by atoms with Gasteiger partial charge in [-0.2, -0.15) is 0 Å². The molecule has 1 aromatic rings. The summed E-state index contributed by atoms with van der Waals surface area (Å²) in [6.45, 7) is 7.37. The largest absolute Gasteiger partial charge is 0.494 e. The molecule has 132 valence electrons. The number of amides is 1. The molecule has 1 N–H and O–H groups in total. The van der Waals surface area contributed by atoms with Crippen molar-refractivity contribution in [1.29, 1.82) is 0 Å². The monoisotopic (exact) mass is 344 g/mol. The van der Waals surface area contributed by atoms with Gasteiger partial charge in [0.15, 0.2) is 0 Å². The fourth-order valence-corrected chi connectivity index (χ4v) is 2.36. The summed E-state index contributed by atoms with van der Waals surface area (Å²) in [5.74, 6) is -0.372. The van der Waals surface area contributed by atoms with Crippen molar-refractivity contribution < 1.29 is 9.90 Å². The molecule has 2 heterocycles. The van der Waals surface area contributed by atoms with Gasteiger partial charge in [0.05, 0.1) is 0 Å². The van der Waals surface area contributed by atoms with Gasteiger partial charge in [0, 0.05) is 28.2 Å². The molecule has 1 aliphatic heterocycles. The zero-order chi connectivity index (χ0) is 19.0. The highest BCUT2D eigenvalue weighted by molar-refractivity contribution is 5.98. The number of aliphatic hydroxyl groups is 1. The number of allylic oxidation sites excluding steroid dienone is 1. The highest BCUT2D eigenvalue weighted by Gasteiger charge is 2.29. The Hall–Kier alpha value is -3.29. The molecule has 1 amide bonds. The molecule has 0 spiro atoms. The van der Waals surface area contributed by atoms with Gasteiger partial charge in [-0.15, -0.1) is 0 Å². The third-order valence-corrected chi connectivity index (χ3v) is 4.24. The first kappa shape index (κ1) is 18.1. The van der Waals surface area contributed by atoms with Crippen molar-refractivity contribution in [1.82, 2.24) is 18.9 Å². The fourth-order valence-electron chi connectivity index (χ4n) is 2.36. The third kappa shape index (κ3) is 2.82. The van der Waals surface area contributed by atoms with E-state index < -0.39 is 17.0 Å². The van der Waals surface area contributed by atoms with Crippen LogP contribution in [0.3, 0.4) is 0 Å². The molecule has 0 unspecified atom stereocenters. The van der Waals surface area contributed by atoms with E-state index in [0.29, 0.717) is 5.82 Å². The van der Waals surface area contributed by atoms with Gasteiger partial charge in [-0.3, -0.25) is 28.4 Å². The molecule has 1 aliphatic rings. The predicted molar refractivity (Wildman–Crippen MR) is 94.6 cm³/mol. The maximum Gasteiger partial charge on any atom is 0.264 e. The summed E-state index contributed by atoms with van der Waals surface area (Å²) in [4.78, 5) is 39.3. The average Bonchev–Trinajstić information content (AvgIpc) is 2.60. The Morgan fingerprint density at radius 3 is 1.96 bits per heavy atom. The van der Waals surface area contributed by atoms with Gasteiger partial charge in [0.1, 0.15) is 22.1 Å². The normalized spacial score (nSPS) is 15.5. The molecule has 0 atom stereocenters. The molecule has 0 saturated carbocycles. The molecule has 0 fully saturated rings. The van der Waals surface area contributed by atoms with Crippen molar-refractivity contribution in [2.75, 3.05) is 14.1 Å². The number of hydrogen-bond acceptors (Lipinski definition) is 5. The quantitative estimate of drug-likeness (QED) is 0.704. The Morgan fingerprint density at radius 1 is 0.920 bits per heavy atom. The van der Waals surface area contributed by atoms with Gasteiger partial charge in [0.2, 0.25) is 5.88 Å². The van der Waals surface area contributed by atoms with Crippen LogP contribution in [-0.4, -0.2) is 44.0 Å². The Labute approximate surface area is 143 Å². The molecule has 8 nitrogen and oxygen atoms in total. The molecule has 0 saturated heterocycles. The molecule has 8 heteroatoms. The summed E-state index contributed by atoms with van der Waals surface area (Å²) in [5.41, 5.74) is -0.682. The van der Waals surface area contributed by atoms with E-state index in [9.17, 15) is 19.5 Å². The van der Waals surface area contributed by atoms with Crippen LogP contribution >= 0.6 is 0 Å². The lowest BCUT2D eigenvalue weighted by molar-refractivity contribution is -0.126. The van der Waals surface area contributed by atoms with E-state index in [-0.39, 0.29) is 22.2 Å². The average molecular weight is 344 g/mol. The van der Waals surface area contributed by atoms with Crippen LogP contribution < -0.4 is 21.8 Å². The molecule has 0 aliphatic carbocycles. The fraction of sp³-hybridized carbons (Fsp3) is 0.235. The summed E-state index contributed by atoms with van der Waals surface area (Å²) in [6.07, 6.45) is 4.02. The van der Waals surface area contributed by atoms with E-state index in [2.05, 4.69) is 13.2 Å². The first-order valence-corrected chi connectivity index (χ1v) is 7.36. The minimum absolute atomic E-state index is 0.0241. The van der Waals surface area contributed by atoms with Crippen LogP contribution in [0, 0.1) is 0 Å². The van der Waals surface area contributed by atoms with E-state index in [0.717, 1.165) is 0 Å². The summed E-state index contributed by atoms with van der Waals surface area (Å²) < 4.78 is 2.52. The van der Waals surface area contributed by atoms with Crippen molar-refractivity contribution in [3.63, 3.8) is 0 Å². The van der Waals surface area contributed by atoms with Crippen molar-refractivity contribution in [2.24, 2.45) is 14.1 Å². The third-order valence-electron chi connectivity index (χ3n) is 4.24. The second-order valence-corrected chi connectivity index (χ2v) is 5.66. The van der Waals surface area contributed by atoms with Gasteiger partial charge in [-0.05, 0) is 12.2 Å². The molecular formula is C17H20N4O4. The van der Waals surface area contributed by atoms with Crippen molar-refractivity contribution in [3.05, 3.63) is 67.4 Å². The van der Waals surface area contributed by atoms with E-state index >= 15 is 0 Å². The van der Waals surface area contributed by atoms with E-state index in [1.807, 2.05) is 0 Å². The van der Waals surface area contributed by atoms with Gasteiger partial charge < -0.3 is 10.0 Å². The zero-order valence-corrected chi connectivity index (χ0v) is 14.6. The van der Waals surface area contributed by atoms with Gasteiger partial charge in [-0.1, -0.05) is 19.2 Å². The minimum atomic E-state index is -0.492. The molecule has 0 bridgehead atoms. The Kier molecular flexibility index (Phi) is 4.56. The molecule has 25 heavy (non-hydrogen) atoms. The smallest absolute Gasteiger partial charge is 0.264 e. The predicted octanol–water partition coefficient (Wildman–Crippen LogP) is -1.52. The highest BCUT2D eigenvalue weighted by Crippen LogP contribution is 2.23. The van der Waals surface area contributed by atoms with Gasteiger partial charge in [-0.25, -0.2) is 0 Å². The number of hydrogen-bond donors (Lipinski definition) is 1. The second-order valence-electron chi connectivity index (χ2n) is 5.66. The standard InChI is InChI=1S/C17H20N4O4/c1-10-18(3)14(22)12(15(23)19(10)4)8-7-9-13-16(24)20(5)11(2)21(6)17(13)25/h7-9,22H,1-2H2,3-6H3/b8-7+. The summed E-state index contributed by atoms with van der Waals surface area (Å²) >= 11 is 0. The van der Waals surface area contributed by atoms with E-state index in [4.69, 9.17) is 0 Å². The number of carbonyl (C=O) groups excluding carboxylic acids is 1. The van der Waals surface area contributed by atoms with Gasteiger partial charge >= 0.3 is 0 Å². The topological polar surface area (TPSA) is 87.8 Å². The first-order valence-electron chi connectivity index (χ1n) is 7.36. The lowest BCUT2D eigenvalue weighted by Crippen LogP contribution is -2.56. The molecule has 2 rings (SSSR count). The maximum atomic E-state index is 12.2. The first-order chi connectivity index (χ1) is 11.6. The SMILES string of the molecule is C=C1N(C)C(=O)C(/C=C/C=c2c(=O)n(C)c(=C)n(C)c2=O)=C(O)N1C. The summed E-state index contributed by atoms with van der Waals surface area (Å²) in [5, 5.41) is 10.1. The van der Waals surface area contributed by atoms with Crippen LogP contribution in [0.4, 0.5) is 0 Å². The Morgan fingerprint density at radius 2 is 1.44 bits per heavy atom. The van der Waals surface area contributed by atoms with Crippen LogP contribution in [0.1, 0.15) is 0 Å². The minimum Gasteiger partial charge on any atom is -0.494 e. The zero-order valence-electron chi connectivity index (χ0n) is 14.6. The maximum absolute atomic E-state index is 12.2. The van der Waals surface area contributed by atoms with Crippen LogP contribution in [0.2, 0.25) is 0 Å². The lowest BCUT2D eigenvalue weighted by Gasteiger charge is -2.33. The van der Waals surface area contributed by atoms with Gasteiger partial charge in [0.25, 0.3) is 17.0 Å². The van der Waals surface area contributed by atoms with Crippen LogP contribution in [-0.2, 0) is 18.9 Å². The van der Waals surface area contributed by atoms with Crippen LogP contribution in [0.5, 0.6) is 0 Å². The molecule has 1 aromatic heterocycles.